The number of hydrogen-bond acceptors (Lipinski definition) is 3. The van der Waals surface area contributed by atoms with Gasteiger partial charge in [0.1, 0.15) is 5.76 Å². The van der Waals surface area contributed by atoms with Crippen LogP contribution in [-0.2, 0) is 11.2 Å². The lowest BCUT2D eigenvalue weighted by atomic mass is 10.2. The van der Waals surface area contributed by atoms with Crippen LogP contribution in [0.4, 0.5) is 5.69 Å². The maximum Gasteiger partial charge on any atom is 0.226 e. The zero-order valence-corrected chi connectivity index (χ0v) is 14.8. The van der Waals surface area contributed by atoms with Gasteiger partial charge in [0.2, 0.25) is 11.8 Å². The van der Waals surface area contributed by atoms with Gasteiger partial charge in [-0.05, 0) is 43.3 Å². The highest BCUT2D eigenvalue weighted by molar-refractivity contribution is 9.10. The van der Waals surface area contributed by atoms with Gasteiger partial charge < -0.3 is 9.73 Å². The molecule has 0 aliphatic rings. The van der Waals surface area contributed by atoms with Crippen LogP contribution in [0.15, 0.2) is 63.5 Å². The quantitative estimate of drug-likeness (QED) is 0.674. The average molecular weight is 385 g/mol. The zero-order valence-electron chi connectivity index (χ0n) is 13.3. The van der Waals surface area contributed by atoms with Crippen molar-refractivity contribution in [3.05, 3.63) is 70.5 Å². The number of benzene rings is 2. The maximum atomic E-state index is 12.1. The molecule has 1 heterocycles. The second-order valence-electron chi connectivity index (χ2n) is 5.44. The first kappa shape index (κ1) is 16.5. The van der Waals surface area contributed by atoms with E-state index in [0.717, 1.165) is 27.2 Å². The number of aryl methyl sites for hydroxylation is 2. The molecule has 1 amide bonds. The Bertz CT molecular complexity index is 826. The Morgan fingerprint density at radius 3 is 2.54 bits per heavy atom. The number of rotatable bonds is 5. The molecule has 0 aliphatic heterocycles. The number of oxazole rings is 1. The van der Waals surface area contributed by atoms with Gasteiger partial charge in [-0.1, -0.05) is 34.1 Å². The molecule has 122 valence electrons. The minimum Gasteiger partial charge on any atom is -0.441 e. The predicted molar refractivity (Wildman–Crippen MR) is 97.8 cm³/mol. The molecule has 0 fully saturated rings. The fourth-order valence-corrected chi connectivity index (χ4v) is 2.62. The molecular weight excluding hydrogens is 368 g/mol. The van der Waals surface area contributed by atoms with Gasteiger partial charge in [-0.25, -0.2) is 4.98 Å². The SMILES string of the molecule is Cc1oc(-c2ccccc2)nc1CCC(=O)Nc1ccc(Br)cc1. The number of hydrogen-bond donors (Lipinski definition) is 1. The van der Waals surface area contributed by atoms with Gasteiger partial charge in [-0.2, -0.15) is 0 Å². The van der Waals surface area contributed by atoms with Crippen molar-refractivity contribution in [2.24, 2.45) is 0 Å². The summed E-state index contributed by atoms with van der Waals surface area (Å²) in [6.45, 7) is 1.88. The van der Waals surface area contributed by atoms with Gasteiger partial charge in [-0.3, -0.25) is 4.79 Å². The van der Waals surface area contributed by atoms with E-state index in [1.54, 1.807) is 0 Å². The molecule has 5 heteroatoms. The summed E-state index contributed by atoms with van der Waals surface area (Å²) < 4.78 is 6.70. The van der Waals surface area contributed by atoms with Crippen molar-refractivity contribution in [1.29, 1.82) is 0 Å². The molecule has 0 saturated heterocycles. The number of aromatic nitrogens is 1. The number of nitrogens with zero attached hydrogens (tertiary/aromatic N) is 1. The zero-order chi connectivity index (χ0) is 16.9. The Labute approximate surface area is 149 Å². The first-order valence-electron chi connectivity index (χ1n) is 7.69. The van der Waals surface area contributed by atoms with Crippen LogP contribution in [-0.4, -0.2) is 10.9 Å². The van der Waals surface area contributed by atoms with Crippen LogP contribution in [0.3, 0.4) is 0 Å². The summed E-state index contributed by atoms with van der Waals surface area (Å²) in [5, 5.41) is 2.88. The van der Waals surface area contributed by atoms with E-state index in [4.69, 9.17) is 4.42 Å². The molecule has 0 atom stereocenters. The van der Waals surface area contributed by atoms with E-state index >= 15 is 0 Å². The normalized spacial score (nSPS) is 10.6. The fourth-order valence-electron chi connectivity index (χ4n) is 2.35. The standard InChI is InChI=1S/C19H17BrN2O2/c1-13-17(22-19(24-13)14-5-3-2-4-6-14)11-12-18(23)21-16-9-7-15(20)8-10-16/h2-10H,11-12H2,1H3,(H,21,23). The third kappa shape index (κ3) is 4.11. The topological polar surface area (TPSA) is 55.1 Å². The lowest BCUT2D eigenvalue weighted by Gasteiger charge is -2.04. The van der Waals surface area contributed by atoms with E-state index in [2.05, 4.69) is 26.2 Å². The average Bonchev–Trinajstić information content (AvgIpc) is 2.97. The number of nitrogens with one attached hydrogen (secondary N) is 1. The van der Waals surface area contributed by atoms with Crippen molar-refractivity contribution in [2.45, 2.75) is 19.8 Å². The van der Waals surface area contributed by atoms with Crippen molar-refractivity contribution >= 4 is 27.5 Å². The van der Waals surface area contributed by atoms with Crippen molar-refractivity contribution in [2.75, 3.05) is 5.32 Å². The van der Waals surface area contributed by atoms with Gasteiger partial charge in [0.05, 0.1) is 5.69 Å². The molecule has 0 radical (unpaired) electrons. The number of carbonyl (C=O) groups is 1. The summed E-state index contributed by atoms with van der Waals surface area (Å²) in [6, 6.07) is 17.2. The fraction of sp³-hybridized carbons (Fsp3) is 0.158. The Kier molecular flexibility index (Phi) is 5.11. The van der Waals surface area contributed by atoms with E-state index in [0.29, 0.717) is 18.7 Å². The van der Waals surface area contributed by atoms with E-state index in [1.807, 2.05) is 61.5 Å². The molecule has 24 heavy (non-hydrogen) atoms. The van der Waals surface area contributed by atoms with Crippen molar-refractivity contribution in [3.63, 3.8) is 0 Å². The Morgan fingerprint density at radius 2 is 1.83 bits per heavy atom. The van der Waals surface area contributed by atoms with Crippen LogP contribution < -0.4 is 5.32 Å². The number of halogens is 1. The molecule has 0 unspecified atom stereocenters. The maximum absolute atomic E-state index is 12.1. The van der Waals surface area contributed by atoms with E-state index in [9.17, 15) is 4.79 Å². The van der Waals surface area contributed by atoms with Crippen LogP contribution in [0.5, 0.6) is 0 Å². The molecule has 1 N–H and O–H groups in total. The highest BCUT2D eigenvalue weighted by atomic mass is 79.9. The summed E-state index contributed by atoms with van der Waals surface area (Å²) in [6.07, 6.45) is 0.905. The summed E-state index contributed by atoms with van der Waals surface area (Å²) in [5.41, 5.74) is 2.54. The first-order valence-corrected chi connectivity index (χ1v) is 8.48. The molecule has 0 bridgehead atoms. The molecular formula is C19H17BrN2O2. The third-order valence-corrected chi connectivity index (χ3v) is 4.16. The summed E-state index contributed by atoms with van der Waals surface area (Å²) >= 11 is 3.37. The van der Waals surface area contributed by atoms with Crippen LogP contribution >= 0.6 is 15.9 Å². The highest BCUT2D eigenvalue weighted by Crippen LogP contribution is 2.22. The van der Waals surface area contributed by atoms with Crippen LogP contribution in [0.2, 0.25) is 0 Å². The molecule has 1 aromatic heterocycles. The van der Waals surface area contributed by atoms with Gasteiger partial charge in [0, 0.05) is 28.6 Å². The molecule has 3 rings (SSSR count). The largest absolute Gasteiger partial charge is 0.441 e. The van der Waals surface area contributed by atoms with Gasteiger partial charge in [-0.15, -0.1) is 0 Å². The van der Waals surface area contributed by atoms with Crippen molar-refractivity contribution < 1.29 is 9.21 Å². The highest BCUT2D eigenvalue weighted by Gasteiger charge is 2.12. The van der Waals surface area contributed by atoms with Crippen LogP contribution in [0.1, 0.15) is 17.9 Å². The second-order valence-corrected chi connectivity index (χ2v) is 6.36. The summed E-state index contributed by atoms with van der Waals surface area (Å²) in [5.74, 6) is 1.31. The third-order valence-electron chi connectivity index (χ3n) is 3.63. The summed E-state index contributed by atoms with van der Waals surface area (Å²) in [7, 11) is 0. The molecule has 2 aromatic carbocycles. The Morgan fingerprint density at radius 1 is 1.12 bits per heavy atom. The van der Waals surface area contributed by atoms with Crippen molar-refractivity contribution in [3.8, 4) is 11.5 Å². The Hall–Kier alpha value is -2.40. The first-order chi connectivity index (χ1) is 11.6. The van der Waals surface area contributed by atoms with E-state index in [1.165, 1.54) is 0 Å². The van der Waals surface area contributed by atoms with E-state index < -0.39 is 0 Å². The van der Waals surface area contributed by atoms with Crippen molar-refractivity contribution in [1.82, 2.24) is 4.98 Å². The molecule has 0 aliphatic carbocycles. The monoisotopic (exact) mass is 384 g/mol. The minimum absolute atomic E-state index is 0.0408. The molecule has 4 nitrogen and oxygen atoms in total. The number of amides is 1. The summed E-state index contributed by atoms with van der Waals surface area (Å²) in [4.78, 5) is 16.6. The number of anilines is 1. The molecule has 3 aromatic rings. The van der Waals surface area contributed by atoms with E-state index in [-0.39, 0.29) is 5.91 Å². The van der Waals surface area contributed by atoms with Gasteiger partial charge >= 0.3 is 0 Å². The van der Waals surface area contributed by atoms with Crippen LogP contribution in [0.25, 0.3) is 11.5 Å². The number of carbonyl (C=O) groups excluding carboxylic acids is 1. The predicted octanol–water partition coefficient (Wildman–Crippen LogP) is 4.98. The van der Waals surface area contributed by atoms with Gasteiger partial charge in [0.25, 0.3) is 0 Å². The second kappa shape index (κ2) is 7.45. The smallest absolute Gasteiger partial charge is 0.226 e. The molecule has 0 saturated carbocycles. The van der Waals surface area contributed by atoms with Crippen LogP contribution in [0, 0.1) is 6.92 Å². The lowest BCUT2D eigenvalue weighted by molar-refractivity contribution is -0.116. The minimum atomic E-state index is -0.0408. The van der Waals surface area contributed by atoms with Gasteiger partial charge in [0.15, 0.2) is 0 Å². The Balaban J connectivity index is 1.61. The molecule has 0 spiro atoms. The lowest BCUT2D eigenvalue weighted by Crippen LogP contribution is -2.12.